The monoisotopic (exact) mass is 196 g/mol. The molecular formula is C10H12O2S. The van der Waals surface area contributed by atoms with Gasteiger partial charge in [0.15, 0.2) is 0 Å². The van der Waals surface area contributed by atoms with E-state index in [1.165, 1.54) is 24.4 Å². The summed E-state index contributed by atoms with van der Waals surface area (Å²) >= 11 is 1.49. The minimum absolute atomic E-state index is 0.188. The molecule has 0 amide bonds. The highest BCUT2D eigenvalue weighted by molar-refractivity contribution is 8.00. The van der Waals surface area contributed by atoms with Crippen molar-refractivity contribution in [2.24, 2.45) is 0 Å². The van der Waals surface area contributed by atoms with Crippen molar-refractivity contribution in [3.63, 3.8) is 0 Å². The fourth-order valence-electron chi connectivity index (χ4n) is 0.906. The maximum absolute atomic E-state index is 10.8. The van der Waals surface area contributed by atoms with Gasteiger partial charge in [0.2, 0.25) is 0 Å². The van der Waals surface area contributed by atoms with Gasteiger partial charge in [-0.05, 0) is 19.1 Å². The maximum atomic E-state index is 10.8. The molecule has 0 radical (unpaired) electrons. The van der Waals surface area contributed by atoms with Crippen LogP contribution in [-0.2, 0) is 9.53 Å². The van der Waals surface area contributed by atoms with Crippen molar-refractivity contribution in [1.82, 2.24) is 0 Å². The van der Waals surface area contributed by atoms with Crippen molar-refractivity contribution in [1.29, 1.82) is 0 Å². The third-order valence-corrected chi connectivity index (χ3v) is 2.54. The summed E-state index contributed by atoms with van der Waals surface area (Å²) in [5, 5.41) is 0. The summed E-state index contributed by atoms with van der Waals surface area (Å²) < 4.78 is 4.54. The number of thioether (sulfide) groups is 1. The topological polar surface area (TPSA) is 26.3 Å². The highest BCUT2D eigenvalue weighted by atomic mass is 32.2. The number of benzene rings is 1. The second-order valence-corrected chi connectivity index (χ2v) is 3.73. The van der Waals surface area contributed by atoms with Gasteiger partial charge in [-0.25, -0.2) is 0 Å². The third kappa shape index (κ3) is 3.51. The molecule has 0 aliphatic carbocycles. The van der Waals surface area contributed by atoms with Crippen LogP contribution in [0.4, 0.5) is 0 Å². The number of esters is 1. The Balaban J connectivity index is 2.50. The molecule has 1 rings (SSSR count). The zero-order valence-electron chi connectivity index (χ0n) is 7.74. The van der Waals surface area contributed by atoms with E-state index in [1.807, 2.05) is 31.2 Å². The van der Waals surface area contributed by atoms with E-state index >= 15 is 0 Å². The molecule has 0 heterocycles. The number of carbonyl (C=O) groups is 1. The van der Waals surface area contributed by atoms with E-state index in [0.29, 0.717) is 5.75 Å². The Morgan fingerprint density at radius 2 is 2.31 bits per heavy atom. The van der Waals surface area contributed by atoms with Crippen LogP contribution >= 0.6 is 11.8 Å². The molecule has 0 N–H and O–H groups in total. The van der Waals surface area contributed by atoms with Crippen LogP contribution in [0.3, 0.4) is 0 Å². The zero-order valence-corrected chi connectivity index (χ0v) is 8.56. The summed E-state index contributed by atoms with van der Waals surface area (Å²) in [6.07, 6.45) is 0. The molecule has 0 aliphatic heterocycles. The number of rotatable bonds is 3. The molecule has 0 unspecified atom stereocenters. The Labute approximate surface area is 82.3 Å². The zero-order chi connectivity index (χ0) is 9.68. The molecule has 1 aromatic rings. The fraction of sp³-hybridized carbons (Fsp3) is 0.300. The first-order chi connectivity index (χ1) is 6.22. The molecule has 0 aromatic heterocycles. The Hall–Kier alpha value is -0.960. The largest absolute Gasteiger partial charge is 0.468 e. The lowest BCUT2D eigenvalue weighted by molar-refractivity contribution is -0.137. The molecule has 0 bridgehead atoms. The van der Waals surface area contributed by atoms with Crippen LogP contribution in [0.1, 0.15) is 5.56 Å². The SMILES string of the molecule is COC(=O)CSc1cccc(C)c1. The average molecular weight is 196 g/mol. The number of aryl methyl sites for hydroxylation is 1. The molecule has 2 nitrogen and oxygen atoms in total. The molecule has 13 heavy (non-hydrogen) atoms. The van der Waals surface area contributed by atoms with E-state index in [4.69, 9.17) is 0 Å². The van der Waals surface area contributed by atoms with Crippen molar-refractivity contribution in [3.05, 3.63) is 29.8 Å². The first-order valence-electron chi connectivity index (χ1n) is 3.98. The van der Waals surface area contributed by atoms with Crippen LogP contribution in [0.25, 0.3) is 0 Å². The molecule has 0 fully saturated rings. The van der Waals surface area contributed by atoms with Crippen molar-refractivity contribution in [2.45, 2.75) is 11.8 Å². The Morgan fingerprint density at radius 3 is 2.92 bits per heavy atom. The third-order valence-electron chi connectivity index (χ3n) is 1.57. The van der Waals surface area contributed by atoms with Crippen LogP contribution < -0.4 is 0 Å². The van der Waals surface area contributed by atoms with E-state index in [0.717, 1.165) is 4.90 Å². The number of ether oxygens (including phenoxy) is 1. The standard InChI is InChI=1S/C10H12O2S/c1-8-4-3-5-9(6-8)13-7-10(11)12-2/h3-6H,7H2,1-2H3. The molecule has 0 atom stereocenters. The van der Waals surface area contributed by atoms with Crippen molar-refractivity contribution >= 4 is 17.7 Å². The van der Waals surface area contributed by atoms with Gasteiger partial charge in [-0.3, -0.25) is 4.79 Å². The molecular weight excluding hydrogens is 184 g/mol. The van der Waals surface area contributed by atoms with Crippen LogP contribution in [0, 0.1) is 6.92 Å². The van der Waals surface area contributed by atoms with E-state index in [9.17, 15) is 4.79 Å². The summed E-state index contributed by atoms with van der Waals surface area (Å²) in [5.74, 6) is 0.187. The Kier molecular flexibility index (Phi) is 3.83. The second kappa shape index (κ2) is 4.92. The van der Waals surface area contributed by atoms with Gasteiger partial charge < -0.3 is 4.74 Å². The van der Waals surface area contributed by atoms with E-state index < -0.39 is 0 Å². The molecule has 0 spiro atoms. The highest BCUT2D eigenvalue weighted by Gasteiger charge is 2.01. The minimum Gasteiger partial charge on any atom is -0.468 e. The van der Waals surface area contributed by atoms with Crippen molar-refractivity contribution in [2.75, 3.05) is 12.9 Å². The molecule has 3 heteroatoms. The van der Waals surface area contributed by atoms with Gasteiger partial charge in [0, 0.05) is 4.90 Å². The predicted octanol–water partition coefficient (Wildman–Crippen LogP) is 2.26. The van der Waals surface area contributed by atoms with E-state index in [1.54, 1.807) is 0 Å². The molecule has 70 valence electrons. The van der Waals surface area contributed by atoms with E-state index in [2.05, 4.69) is 4.74 Å². The van der Waals surface area contributed by atoms with Crippen LogP contribution in [-0.4, -0.2) is 18.8 Å². The first kappa shape index (κ1) is 10.1. The van der Waals surface area contributed by atoms with Crippen LogP contribution in [0.2, 0.25) is 0 Å². The summed E-state index contributed by atoms with van der Waals surface area (Å²) in [5.41, 5.74) is 1.20. The molecule has 1 aromatic carbocycles. The minimum atomic E-state index is -0.188. The summed E-state index contributed by atoms with van der Waals surface area (Å²) in [7, 11) is 1.40. The Morgan fingerprint density at radius 1 is 1.54 bits per heavy atom. The lowest BCUT2D eigenvalue weighted by Gasteiger charge is -2.00. The lowest BCUT2D eigenvalue weighted by atomic mass is 10.2. The number of hydrogen-bond donors (Lipinski definition) is 0. The van der Waals surface area contributed by atoms with Crippen LogP contribution in [0.5, 0.6) is 0 Å². The van der Waals surface area contributed by atoms with Crippen molar-refractivity contribution < 1.29 is 9.53 Å². The number of methoxy groups -OCH3 is 1. The summed E-state index contributed by atoms with van der Waals surface area (Å²) in [6.45, 7) is 2.03. The summed E-state index contributed by atoms with van der Waals surface area (Å²) in [4.78, 5) is 11.9. The van der Waals surface area contributed by atoms with Gasteiger partial charge in [0.1, 0.15) is 0 Å². The molecule has 0 saturated carbocycles. The van der Waals surface area contributed by atoms with E-state index in [-0.39, 0.29) is 5.97 Å². The quantitative estimate of drug-likeness (QED) is 0.548. The first-order valence-corrected chi connectivity index (χ1v) is 4.97. The van der Waals surface area contributed by atoms with Gasteiger partial charge in [0.05, 0.1) is 12.9 Å². The maximum Gasteiger partial charge on any atom is 0.315 e. The lowest BCUT2D eigenvalue weighted by Crippen LogP contribution is -2.02. The number of hydrogen-bond acceptors (Lipinski definition) is 3. The molecule has 0 saturated heterocycles. The van der Waals surface area contributed by atoms with Gasteiger partial charge in [-0.15, -0.1) is 11.8 Å². The van der Waals surface area contributed by atoms with Gasteiger partial charge in [-0.2, -0.15) is 0 Å². The smallest absolute Gasteiger partial charge is 0.315 e. The predicted molar refractivity (Wildman–Crippen MR) is 53.9 cm³/mol. The second-order valence-electron chi connectivity index (χ2n) is 2.68. The number of carbonyl (C=O) groups excluding carboxylic acids is 1. The highest BCUT2D eigenvalue weighted by Crippen LogP contribution is 2.18. The molecule has 0 aliphatic rings. The Bertz CT molecular complexity index is 297. The normalized spacial score (nSPS) is 9.69. The van der Waals surface area contributed by atoms with Gasteiger partial charge >= 0.3 is 5.97 Å². The van der Waals surface area contributed by atoms with Crippen molar-refractivity contribution in [3.8, 4) is 0 Å². The van der Waals surface area contributed by atoms with Gasteiger partial charge in [0.25, 0.3) is 0 Å². The average Bonchev–Trinajstić information content (AvgIpc) is 2.14. The van der Waals surface area contributed by atoms with Crippen LogP contribution in [0.15, 0.2) is 29.2 Å². The summed E-state index contributed by atoms with van der Waals surface area (Å²) in [6, 6.07) is 8.05. The van der Waals surface area contributed by atoms with Gasteiger partial charge in [-0.1, -0.05) is 17.7 Å². The fourth-order valence-corrected chi connectivity index (χ4v) is 1.75.